The minimum Gasteiger partial charge on any atom is -0.307 e. The fourth-order valence-corrected chi connectivity index (χ4v) is 2.51. The zero-order valence-electron chi connectivity index (χ0n) is 9.81. The van der Waals surface area contributed by atoms with Gasteiger partial charge in [-0.15, -0.1) is 0 Å². The lowest BCUT2D eigenvalue weighted by molar-refractivity contribution is 0.0932. The highest BCUT2D eigenvalue weighted by molar-refractivity contribution is 9.10. The molecule has 1 aromatic carbocycles. The van der Waals surface area contributed by atoms with Crippen molar-refractivity contribution in [3.63, 3.8) is 0 Å². The van der Waals surface area contributed by atoms with Crippen LogP contribution < -0.4 is 5.32 Å². The van der Waals surface area contributed by atoms with Crippen LogP contribution >= 0.6 is 15.9 Å². The molecule has 2 rings (SSSR count). The second-order valence-corrected chi connectivity index (χ2v) is 5.29. The smallest absolute Gasteiger partial charge is 0.185 e. The fourth-order valence-electron chi connectivity index (χ4n) is 2.18. The summed E-state index contributed by atoms with van der Waals surface area (Å²) in [6, 6.07) is 1.89. The van der Waals surface area contributed by atoms with E-state index in [1.807, 2.05) is 0 Å². The summed E-state index contributed by atoms with van der Waals surface area (Å²) >= 11 is 2.97. The Balaban J connectivity index is 2.30. The van der Waals surface area contributed by atoms with Gasteiger partial charge in [0.05, 0.1) is 16.1 Å². The number of halogens is 3. The van der Waals surface area contributed by atoms with Crippen LogP contribution in [0.15, 0.2) is 16.6 Å². The van der Waals surface area contributed by atoms with Crippen LogP contribution in [-0.4, -0.2) is 18.4 Å². The number of carbonyl (C=O) groups is 1. The summed E-state index contributed by atoms with van der Waals surface area (Å²) in [6.45, 7) is 0.716. The molecule has 1 fully saturated rings. The fraction of sp³-hybridized carbons (Fsp3) is 0.462. The molecule has 1 aromatic rings. The summed E-state index contributed by atoms with van der Waals surface area (Å²) < 4.78 is 27.6. The van der Waals surface area contributed by atoms with Gasteiger partial charge in [0.2, 0.25) is 0 Å². The lowest BCUT2D eigenvalue weighted by atomic mass is 9.99. The molecule has 0 aromatic heterocycles. The second-order valence-electron chi connectivity index (χ2n) is 4.44. The van der Waals surface area contributed by atoms with E-state index in [9.17, 15) is 13.6 Å². The molecule has 1 heterocycles. The van der Waals surface area contributed by atoms with E-state index in [1.165, 1.54) is 6.07 Å². The number of nitrogens with one attached hydrogen (secondary N) is 1. The topological polar surface area (TPSA) is 29.1 Å². The molecule has 0 amide bonds. The number of rotatable bonds is 2. The Morgan fingerprint density at radius 1 is 1.28 bits per heavy atom. The van der Waals surface area contributed by atoms with E-state index in [1.54, 1.807) is 0 Å². The van der Waals surface area contributed by atoms with E-state index in [0.717, 1.165) is 25.3 Å². The first-order chi connectivity index (χ1) is 8.61. The molecule has 0 saturated carbocycles. The van der Waals surface area contributed by atoms with Crippen LogP contribution in [0.5, 0.6) is 0 Å². The van der Waals surface area contributed by atoms with Crippen molar-refractivity contribution in [1.29, 1.82) is 0 Å². The molecule has 0 radical (unpaired) electrons. The molecule has 18 heavy (non-hydrogen) atoms. The predicted molar refractivity (Wildman–Crippen MR) is 68.6 cm³/mol. The molecule has 1 saturated heterocycles. The number of carbonyl (C=O) groups excluding carboxylic acids is 1. The molecule has 2 nitrogen and oxygen atoms in total. The number of Topliss-reactive ketones (excluding diaryl/α,β-unsaturated/α-hetero) is 1. The molecule has 1 N–H and O–H groups in total. The molecular weight excluding hydrogens is 304 g/mol. The van der Waals surface area contributed by atoms with E-state index in [2.05, 4.69) is 21.2 Å². The molecule has 0 bridgehead atoms. The van der Waals surface area contributed by atoms with Crippen molar-refractivity contribution in [3.8, 4) is 0 Å². The summed E-state index contributed by atoms with van der Waals surface area (Å²) in [7, 11) is 0. The average Bonchev–Trinajstić information content (AvgIpc) is 2.63. The van der Waals surface area contributed by atoms with E-state index in [4.69, 9.17) is 0 Å². The molecule has 1 aliphatic heterocycles. The van der Waals surface area contributed by atoms with Crippen LogP contribution in [0.4, 0.5) is 8.78 Å². The van der Waals surface area contributed by atoms with Gasteiger partial charge >= 0.3 is 0 Å². The van der Waals surface area contributed by atoms with Gasteiger partial charge in [0, 0.05) is 0 Å². The Labute approximate surface area is 113 Å². The molecule has 1 atom stereocenters. The van der Waals surface area contributed by atoms with Crippen LogP contribution in [0.25, 0.3) is 0 Å². The van der Waals surface area contributed by atoms with Gasteiger partial charge in [-0.25, -0.2) is 8.78 Å². The van der Waals surface area contributed by atoms with Gasteiger partial charge in [0.25, 0.3) is 0 Å². The normalized spacial score (nSPS) is 20.5. The van der Waals surface area contributed by atoms with E-state index in [-0.39, 0.29) is 4.47 Å². The van der Waals surface area contributed by atoms with Gasteiger partial charge < -0.3 is 5.32 Å². The van der Waals surface area contributed by atoms with Crippen LogP contribution in [0.1, 0.15) is 36.0 Å². The number of ketones is 1. The maximum Gasteiger partial charge on any atom is 0.185 e. The zero-order chi connectivity index (χ0) is 13.1. The van der Waals surface area contributed by atoms with E-state index >= 15 is 0 Å². The van der Waals surface area contributed by atoms with Crippen LogP contribution in [-0.2, 0) is 0 Å². The zero-order valence-corrected chi connectivity index (χ0v) is 11.4. The Kier molecular flexibility index (Phi) is 4.45. The second kappa shape index (κ2) is 5.89. The van der Waals surface area contributed by atoms with Crippen molar-refractivity contribution in [1.82, 2.24) is 5.32 Å². The molecule has 1 unspecified atom stereocenters. The van der Waals surface area contributed by atoms with Gasteiger partial charge in [-0.05, 0) is 47.4 Å². The van der Waals surface area contributed by atoms with Crippen molar-refractivity contribution in [3.05, 3.63) is 33.8 Å². The van der Waals surface area contributed by atoms with Crippen LogP contribution in [0.2, 0.25) is 0 Å². The maximum absolute atomic E-state index is 13.8. The summed E-state index contributed by atoms with van der Waals surface area (Å²) in [4.78, 5) is 12.2. The predicted octanol–water partition coefficient (Wildman–Crippen LogP) is 3.44. The molecular formula is C13H14BrF2NO. The van der Waals surface area contributed by atoms with Crippen molar-refractivity contribution in [2.75, 3.05) is 6.54 Å². The molecule has 98 valence electrons. The quantitative estimate of drug-likeness (QED) is 0.668. The number of hydrogen-bond acceptors (Lipinski definition) is 2. The number of hydrogen-bond donors (Lipinski definition) is 1. The molecule has 1 aliphatic rings. The summed E-state index contributed by atoms with van der Waals surface area (Å²) in [5, 5.41) is 3.06. The SMILES string of the molecule is O=C(c1c(F)ccc(Br)c1F)C1CCCCCN1. The highest BCUT2D eigenvalue weighted by atomic mass is 79.9. The molecule has 0 spiro atoms. The molecule has 5 heteroatoms. The van der Waals surface area contributed by atoms with Crippen molar-refractivity contribution < 1.29 is 13.6 Å². The van der Waals surface area contributed by atoms with Crippen LogP contribution in [0.3, 0.4) is 0 Å². The van der Waals surface area contributed by atoms with Gasteiger partial charge in [0.1, 0.15) is 5.82 Å². The third kappa shape index (κ3) is 2.78. The van der Waals surface area contributed by atoms with Gasteiger partial charge in [0.15, 0.2) is 11.6 Å². The summed E-state index contributed by atoms with van der Waals surface area (Å²) in [6.07, 6.45) is 3.57. The maximum atomic E-state index is 13.8. The number of benzene rings is 1. The third-order valence-electron chi connectivity index (χ3n) is 3.17. The van der Waals surface area contributed by atoms with Crippen molar-refractivity contribution in [2.24, 2.45) is 0 Å². The first-order valence-corrected chi connectivity index (χ1v) is 6.81. The Hall–Kier alpha value is -0.810. The van der Waals surface area contributed by atoms with Gasteiger partial charge in [-0.2, -0.15) is 0 Å². The van der Waals surface area contributed by atoms with Crippen molar-refractivity contribution >= 4 is 21.7 Å². The third-order valence-corrected chi connectivity index (χ3v) is 3.78. The average molecular weight is 318 g/mol. The first kappa shape index (κ1) is 13.6. The molecule has 0 aliphatic carbocycles. The Bertz CT molecular complexity index is 457. The highest BCUT2D eigenvalue weighted by Gasteiger charge is 2.27. The van der Waals surface area contributed by atoms with Crippen molar-refractivity contribution in [2.45, 2.75) is 31.7 Å². The van der Waals surface area contributed by atoms with Gasteiger partial charge in [-0.3, -0.25) is 4.79 Å². The Morgan fingerprint density at radius 2 is 2.06 bits per heavy atom. The first-order valence-electron chi connectivity index (χ1n) is 6.02. The Morgan fingerprint density at radius 3 is 2.83 bits per heavy atom. The lowest BCUT2D eigenvalue weighted by Gasteiger charge is -2.15. The van der Waals surface area contributed by atoms with E-state index < -0.39 is 29.0 Å². The lowest BCUT2D eigenvalue weighted by Crippen LogP contribution is -2.37. The van der Waals surface area contributed by atoms with Gasteiger partial charge in [-0.1, -0.05) is 12.8 Å². The monoisotopic (exact) mass is 317 g/mol. The minimum atomic E-state index is -0.814. The largest absolute Gasteiger partial charge is 0.307 e. The summed E-state index contributed by atoms with van der Waals surface area (Å²) in [5.41, 5.74) is -0.441. The minimum absolute atomic E-state index is 0.112. The standard InChI is InChI=1S/C13H14BrF2NO/c14-8-5-6-9(15)11(12(8)16)13(18)10-4-2-1-3-7-17-10/h5-6,10,17H,1-4,7H2. The van der Waals surface area contributed by atoms with E-state index in [0.29, 0.717) is 13.0 Å². The van der Waals surface area contributed by atoms with Crippen LogP contribution in [0, 0.1) is 11.6 Å². The summed E-state index contributed by atoms with van der Waals surface area (Å²) in [5.74, 6) is -2.11. The highest BCUT2D eigenvalue weighted by Crippen LogP contribution is 2.24.